The molecule has 1 unspecified atom stereocenters. The molecule has 1 aromatic carbocycles. The predicted molar refractivity (Wildman–Crippen MR) is 101 cm³/mol. The zero-order chi connectivity index (χ0) is 20.0. The molecule has 0 aliphatic carbocycles. The molecule has 1 fully saturated rings. The van der Waals surface area contributed by atoms with E-state index in [9.17, 15) is 19.5 Å². The number of likely N-dealkylation sites (tertiary alicyclic amines) is 1. The molecule has 1 aliphatic heterocycles. The number of aldehydes is 1. The van der Waals surface area contributed by atoms with Crippen LogP contribution in [0.2, 0.25) is 0 Å². The van der Waals surface area contributed by atoms with Crippen molar-refractivity contribution in [3.63, 3.8) is 0 Å². The number of nitrogens with one attached hydrogen (secondary N) is 1. The zero-order valence-corrected chi connectivity index (χ0v) is 15.9. The quantitative estimate of drug-likeness (QED) is 0.622. The van der Waals surface area contributed by atoms with Gasteiger partial charge in [-0.05, 0) is 38.8 Å². The van der Waals surface area contributed by atoms with Gasteiger partial charge in [0.2, 0.25) is 0 Å². The summed E-state index contributed by atoms with van der Waals surface area (Å²) in [4.78, 5) is 36.7. The van der Waals surface area contributed by atoms with E-state index >= 15 is 0 Å². The number of nitrogens with zero attached hydrogens (tertiary/aromatic N) is 1. The molecule has 1 aliphatic rings. The minimum atomic E-state index is -0.801. The van der Waals surface area contributed by atoms with Crippen molar-refractivity contribution in [1.82, 2.24) is 10.2 Å². The molecule has 2 N–H and O–H groups in total. The number of piperidine rings is 1. The van der Waals surface area contributed by atoms with Crippen molar-refractivity contribution < 1.29 is 24.2 Å². The van der Waals surface area contributed by atoms with Gasteiger partial charge in [0, 0.05) is 24.2 Å². The molecule has 0 bridgehead atoms. The fourth-order valence-electron chi connectivity index (χ4n) is 2.75. The van der Waals surface area contributed by atoms with Crippen molar-refractivity contribution in [2.75, 3.05) is 19.6 Å². The van der Waals surface area contributed by atoms with E-state index in [1.54, 1.807) is 51.1 Å². The molecule has 146 valence electrons. The van der Waals surface area contributed by atoms with Crippen molar-refractivity contribution in [3.8, 4) is 0 Å². The first-order valence-corrected chi connectivity index (χ1v) is 8.88. The lowest BCUT2D eigenvalue weighted by Crippen LogP contribution is -2.45. The zero-order valence-electron chi connectivity index (χ0n) is 15.9. The van der Waals surface area contributed by atoms with E-state index in [0.29, 0.717) is 30.4 Å². The summed E-state index contributed by atoms with van der Waals surface area (Å²) in [6.07, 6.45) is 1.65. The Kier molecular flexibility index (Phi) is 6.74. The van der Waals surface area contributed by atoms with Gasteiger partial charge in [-0.25, -0.2) is 4.79 Å². The Labute approximate surface area is 159 Å². The van der Waals surface area contributed by atoms with Crippen LogP contribution in [0.5, 0.6) is 0 Å². The number of β-amino-alcohol motifs (C(OH)–C–C–N with tert-alkyl or cyclic N) is 1. The van der Waals surface area contributed by atoms with Crippen molar-refractivity contribution in [2.24, 2.45) is 0 Å². The molecular weight excluding hydrogens is 348 g/mol. The molecule has 2 rings (SSSR count). The number of carbonyl (C=O) groups excluding carboxylic acids is 3. The minimum Gasteiger partial charge on any atom is -0.444 e. The summed E-state index contributed by atoms with van der Waals surface area (Å²) in [6, 6.07) is 6.55. The lowest BCUT2D eigenvalue weighted by molar-refractivity contribution is 0.0125. The van der Waals surface area contributed by atoms with Crippen molar-refractivity contribution in [1.29, 1.82) is 0 Å². The summed E-state index contributed by atoms with van der Waals surface area (Å²) in [6.45, 7) is 6.21. The van der Waals surface area contributed by atoms with Gasteiger partial charge in [-0.2, -0.15) is 0 Å². The highest BCUT2D eigenvalue weighted by Crippen LogP contribution is 2.19. The minimum absolute atomic E-state index is 0.155. The van der Waals surface area contributed by atoms with Gasteiger partial charge in [0.25, 0.3) is 5.91 Å². The summed E-state index contributed by atoms with van der Waals surface area (Å²) in [5.41, 5.74) is 0.818. The Bertz CT molecular complexity index is 736. The van der Waals surface area contributed by atoms with Crippen molar-refractivity contribution >= 4 is 18.3 Å². The molecule has 7 heteroatoms. The second-order valence-corrected chi connectivity index (χ2v) is 7.39. The van der Waals surface area contributed by atoms with E-state index in [-0.39, 0.29) is 19.0 Å². The molecule has 27 heavy (non-hydrogen) atoms. The predicted octanol–water partition coefficient (Wildman–Crippen LogP) is 2.16. The Morgan fingerprint density at radius 1 is 1.33 bits per heavy atom. The van der Waals surface area contributed by atoms with Crippen LogP contribution in [0.3, 0.4) is 0 Å². The van der Waals surface area contributed by atoms with E-state index in [1.807, 2.05) is 0 Å². The smallest absolute Gasteiger partial charge is 0.410 e. The number of carbonyl (C=O) groups is 3. The Morgan fingerprint density at radius 3 is 2.67 bits per heavy atom. The van der Waals surface area contributed by atoms with Crippen LogP contribution in [0.1, 0.15) is 47.9 Å². The molecule has 2 amide bonds. The molecular formula is C20H26N2O5. The van der Waals surface area contributed by atoms with Crippen LogP contribution in [-0.2, 0) is 4.74 Å². The topological polar surface area (TPSA) is 95.9 Å². The number of amides is 2. The summed E-state index contributed by atoms with van der Waals surface area (Å²) in [7, 11) is 0. The highest BCUT2D eigenvalue weighted by atomic mass is 16.6. The number of rotatable bonds is 4. The summed E-state index contributed by atoms with van der Waals surface area (Å²) in [5.74, 6) is -0.352. The van der Waals surface area contributed by atoms with E-state index < -0.39 is 17.8 Å². The lowest BCUT2D eigenvalue weighted by Gasteiger charge is -2.33. The number of aliphatic hydroxyl groups excluding tert-OH is 1. The highest BCUT2D eigenvalue weighted by Gasteiger charge is 2.28. The second-order valence-electron chi connectivity index (χ2n) is 7.39. The first-order valence-electron chi connectivity index (χ1n) is 8.88. The summed E-state index contributed by atoms with van der Waals surface area (Å²) in [5, 5.41) is 13.0. The van der Waals surface area contributed by atoms with Crippen LogP contribution in [0.25, 0.3) is 0 Å². The molecule has 0 aromatic heterocycles. The van der Waals surface area contributed by atoms with Crippen molar-refractivity contribution in [3.05, 3.63) is 47.0 Å². The Balaban J connectivity index is 1.89. The monoisotopic (exact) mass is 374 g/mol. The SMILES string of the molecule is CC(C)(C)OC(=O)N1CC/C(=C\CNC(=O)c2ccccc2C=O)C(O)C1. The maximum Gasteiger partial charge on any atom is 0.410 e. The van der Waals surface area contributed by atoms with Crippen LogP contribution in [-0.4, -0.2) is 59.6 Å². The van der Waals surface area contributed by atoms with Crippen LogP contribution in [0.4, 0.5) is 4.79 Å². The van der Waals surface area contributed by atoms with Crippen molar-refractivity contribution in [2.45, 2.75) is 38.9 Å². The molecule has 7 nitrogen and oxygen atoms in total. The van der Waals surface area contributed by atoms with Gasteiger partial charge in [0.1, 0.15) is 5.60 Å². The number of benzene rings is 1. The molecule has 0 radical (unpaired) electrons. The average Bonchev–Trinajstić information content (AvgIpc) is 2.61. The highest BCUT2D eigenvalue weighted by molar-refractivity contribution is 6.01. The third kappa shape index (κ3) is 5.92. The number of aliphatic hydroxyl groups is 1. The normalized spacial score (nSPS) is 18.9. The van der Waals surface area contributed by atoms with Gasteiger partial charge in [-0.1, -0.05) is 24.3 Å². The fraction of sp³-hybridized carbons (Fsp3) is 0.450. The Hall–Kier alpha value is -2.67. The van der Waals surface area contributed by atoms with Gasteiger partial charge >= 0.3 is 6.09 Å². The molecule has 0 saturated carbocycles. The van der Waals surface area contributed by atoms with E-state index in [1.165, 1.54) is 4.90 Å². The van der Waals surface area contributed by atoms with E-state index in [2.05, 4.69) is 5.32 Å². The number of hydrogen-bond acceptors (Lipinski definition) is 5. The largest absolute Gasteiger partial charge is 0.444 e. The summed E-state index contributed by atoms with van der Waals surface area (Å²) < 4.78 is 5.32. The Morgan fingerprint density at radius 2 is 2.04 bits per heavy atom. The third-order valence-corrected chi connectivity index (χ3v) is 4.10. The first kappa shape index (κ1) is 20.6. The van der Waals surface area contributed by atoms with Crippen LogP contribution < -0.4 is 5.32 Å². The molecule has 1 aromatic rings. The second kappa shape index (κ2) is 8.81. The lowest BCUT2D eigenvalue weighted by atomic mass is 10.0. The summed E-state index contributed by atoms with van der Waals surface area (Å²) >= 11 is 0. The molecule has 1 atom stereocenters. The molecule has 1 saturated heterocycles. The van der Waals surface area contributed by atoms with Gasteiger partial charge in [-0.3, -0.25) is 9.59 Å². The van der Waals surface area contributed by atoms with Crippen LogP contribution in [0, 0.1) is 0 Å². The molecule has 1 heterocycles. The average molecular weight is 374 g/mol. The van der Waals surface area contributed by atoms with Crippen LogP contribution in [0.15, 0.2) is 35.9 Å². The van der Waals surface area contributed by atoms with Gasteiger partial charge < -0.3 is 20.1 Å². The number of ether oxygens (including phenoxy) is 1. The van der Waals surface area contributed by atoms with E-state index in [0.717, 1.165) is 5.57 Å². The maximum atomic E-state index is 12.2. The first-order chi connectivity index (χ1) is 12.7. The molecule has 0 spiro atoms. The maximum absolute atomic E-state index is 12.2. The number of hydrogen-bond donors (Lipinski definition) is 2. The standard InChI is InChI=1S/C20H26N2O5/c1-20(2,3)27-19(26)22-11-9-14(17(24)12-22)8-10-21-18(25)16-7-5-4-6-15(16)13-23/h4-8,13,17,24H,9-12H2,1-3H3,(H,21,25)/b14-8+. The van der Waals surface area contributed by atoms with E-state index in [4.69, 9.17) is 4.74 Å². The van der Waals surface area contributed by atoms with Gasteiger partial charge in [0.15, 0.2) is 6.29 Å². The van der Waals surface area contributed by atoms with Gasteiger partial charge in [-0.15, -0.1) is 0 Å². The van der Waals surface area contributed by atoms with Gasteiger partial charge in [0.05, 0.1) is 12.6 Å². The fourth-order valence-corrected chi connectivity index (χ4v) is 2.75. The third-order valence-electron chi connectivity index (χ3n) is 4.10. The van der Waals surface area contributed by atoms with Crippen LogP contribution >= 0.6 is 0 Å².